The van der Waals surface area contributed by atoms with Crippen LogP contribution in [0.3, 0.4) is 0 Å². The molecule has 0 bridgehead atoms. The topological polar surface area (TPSA) is 49.6 Å². The lowest BCUT2D eigenvalue weighted by molar-refractivity contribution is -0.138. The lowest BCUT2D eigenvalue weighted by atomic mass is 10.0. The van der Waals surface area contributed by atoms with Crippen molar-refractivity contribution in [2.75, 3.05) is 19.6 Å². The third-order valence-electron chi connectivity index (χ3n) is 4.26. The second-order valence-corrected chi connectivity index (χ2v) is 6.37. The summed E-state index contributed by atoms with van der Waals surface area (Å²) in [7, 11) is 0. The van der Waals surface area contributed by atoms with Crippen molar-refractivity contribution in [1.29, 1.82) is 0 Å². The van der Waals surface area contributed by atoms with Gasteiger partial charge >= 0.3 is 0 Å². The molecule has 4 heteroatoms. The molecule has 2 saturated heterocycles. The van der Waals surface area contributed by atoms with Gasteiger partial charge in [0.05, 0.1) is 6.04 Å². The van der Waals surface area contributed by atoms with Gasteiger partial charge in [-0.15, -0.1) is 0 Å². The highest BCUT2D eigenvalue weighted by atomic mass is 16.2. The summed E-state index contributed by atoms with van der Waals surface area (Å²) in [6.07, 6.45) is 3.30. The van der Waals surface area contributed by atoms with E-state index in [0.29, 0.717) is 18.0 Å². The Labute approximate surface area is 110 Å². The molecule has 2 rings (SSSR count). The molecule has 2 aliphatic rings. The molecule has 104 valence electrons. The first-order valence-electron chi connectivity index (χ1n) is 7.29. The summed E-state index contributed by atoms with van der Waals surface area (Å²) in [6.45, 7) is 9.48. The van der Waals surface area contributed by atoms with Gasteiger partial charge in [0.15, 0.2) is 0 Å². The van der Waals surface area contributed by atoms with Crippen LogP contribution in [0.15, 0.2) is 0 Å². The van der Waals surface area contributed by atoms with Crippen molar-refractivity contribution in [1.82, 2.24) is 9.80 Å². The van der Waals surface area contributed by atoms with Gasteiger partial charge < -0.3 is 10.6 Å². The van der Waals surface area contributed by atoms with Crippen LogP contribution < -0.4 is 5.73 Å². The highest BCUT2D eigenvalue weighted by Crippen LogP contribution is 2.25. The van der Waals surface area contributed by atoms with E-state index >= 15 is 0 Å². The van der Waals surface area contributed by atoms with E-state index in [1.807, 2.05) is 4.90 Å². The number of carbonyl (C=O) groups is 1. The smallest absolute Gasteiger partial charge is 0.239 e. The Morgan fingerprint density at radius 1 is 1.39 bits per heavy atom. The minimum Gasteiger partial charge on any atom is -0.336 e. The molecular weight excluding hydrogens is 226 g/mol. The number of hydrogen-bond donors (Lipinski definition) is 1. The summed E-state index contributed by atoms with van der Waals surface area (Å²) in [6, 6.07) is 0.571. The standard InChI is InChI=1S/C14H27N3O/c1-10(2)7-13(15)14(18)17-9-12-5-4-6-16(12)8-11(17)3/h10-13H,4-9,15H2,1-3H3. The molecule has 0 radical (unpaired) electrons. The first-order valence-corrected chi connectivity index (χ1v) is 7.29. The molecule has 0 aliphatic carbocycles. The van der Waals surface area contributed by atoms with Gasteiger partial charge in [0.25, 0.3) is 0 Å². The Hall–Kier alpha value is -0.610. The maximum absolute atomic E-state index is 12.4. The van der Waals surface area contributed by atoms with Crippen LogP contribution in [0.25, 0.3) is 0 Å². The van der Waals surface area contributed by atoms with E-state index in [9.17, 15) is 4.79 Å². The fourth-order valence-electron chi connectivity index (χ4n) is 3.32. The number of amides is 1. The molecule has 2 aliphatic heterocycles. The third kappa shape index (κ3) is 2.86. The zero-order valence-electron chi connectivity index (χ0n) is 11.9. The van der Waals surface area contributed by atoms with Crippen LogP contribution >= 0.6 is 0 Å². The Bertz CT molecular complexity index is 305. The van der Waals surface area contributed by atoms with Crippen LogP contribution in [-0.2, 0) is 4.79 Å². The Kier molecular flexibility index (Phi) is 4.28. The van der Waals surface area contributed by atoms with E-state index in [-0.39, 0.29) is 11.9 Å². The minimum atomic E-state index is -0.319. The number of hydrogen-bond acceptors (Lipinski definition) is 3. The first-order chi connectivity index (χ1) is 8.49. The number of carbonyl (C=O) groups excluding carboxylic acids is 1. The lowest BCUT2D eigenvalue weighted by Gasteiger charge is -2.43. The maximum atomic E-state index is 12.4. The predicted octanol–water partition coefficient (Wildman–Crippen LogP) is 1.05. The summed E-state index contributed by atoms with van der Waals surface area (Å²) >= 11 is 0. The van der Waals surface area contributed by atoms with Gasteiger partial charge in [-0.1, -0.05) is 13.8 Å². The largest absolute Gasteiger partial charge is 0.336 e. The Morgan fingerprint density at radius 2 is 2.11 bits per heavy atom. The van der Waals surface area contributed by atoms with Crippen LogP contribution in [0.5, 0.6) is 0 Å². The van der Waals surface area contributed by atoms with E-state index in [4.69, 9.17) is 5.73 Å². The Balaban J connectivity index is 1.96. The second kappa shape index (κ2) is 5.57. The van der Waals surface area contributed by atoms with Crippen LogP contribution in [0, 0.1) is 5.92 Å². The zero-order chi connectivity index (χ0) is 13.3. The van der Waals surface area contributed by atoms with Crippen LogP contribution in [0.2, 0.25) is 0 Å². The van der Waals surface area contributed by atoms with Gasteiger partial charge in [-0.05, 0) is 38.6 Å². The SMILES string of the molecule is CC(C)CC(N)C(=O)N1CC2CCCN2CC1C. The van der Waals surface area contributed by atoms with E-state index in [1.54, 1.807) is 0 Å². The van der Waals surface area contributed by atoms with Gasteiger partial charge in [-0.3, -0.25) is 9.69 Å². The monoisotopic (exact) mass is 253 g/mol. The highest BCUT2D eigenvalue weighted by Gasteiger charge is 2.37. The van der Waals surface area contributed by atoms with Crippen molar-refractivity contribution >= 4 is 5.91 Å². The second-order valence-electron chi connectivity index (χ2n) is 6.37. The molecule has 2 heterocycles. The molecule has 2 N–H and O–H groups in total. The molecule has 18 heavy (non-hydrogen) atoms. The molecule has 4 nitrogen and oxygen atoms in total. The van der Waals surface area contributed by atoms with Crippen molar-refractivity contribution in [2.24, 2.45) is 11.7 Å². The minimum absolute atomic E-state index is 0.155. The third-order valence-corrected chi connectivity index (χ3v) is 4.26. The van der Waals surface area contributed by atoms with Crippen molar-refractivity contribution in [3.8, 4) is 0 Å². The summed E-state index contributed by atoms with van der Waals surface area (Å²) in [5.74, 6) is 0.634. The van der Waals surface area contributed by atoms with Crippen molar-refractivity contribution < 1.29 is 4.79 Å². The molecule has 0 aromatic rings. The highest BCUT2D eigenvalue weighted by molar-refractivity contribution is 5.82. The van der Waals surface area contributed by atoms with Crippen molar-refractivity contribution in [3.63, 3.8) is 0 Å². The molecule has 1 amide bonds. The van der Waals surface area contributed by atoms with E-state index < -0.39 is 0 Å². The summed E-state index contributed by atoms with van der Waals surface area (Å²) < 4.78 is 0. The average Bonchev–Trinajstić information content (AvgIpc) is 2.72. The molecule has 3 atom stereocenters. The molecule has 0 saturated carbocycles. The number of piperazine rings is 1. The van der Waals surface area contributed by atoms with Gasteiger partial charge in [-0.25, -0.2) is 0 Å². The maximum Gasteiger partial charge on any atom is 0.239 e. The molecule has 0 aromatic heterocycles. The fourth-order valence-corrected chi connectivity index (χ4v) is 3.32. The number of nitrogens with zero attached hydrogens (tertiary/aromatic N) is 2. The number of rotatable bonds is 3. The molecule has 0 aromatic carbocycles. The van der Waals surface area contributed by atoms with E-state index in [1.165, 1.54) is 19.4 Å². The van der Waals surface area contributed by atoms with Gasteiger partial charge in [0.2, 0.25) is 5.91 Å². The quantitative estimate of drug-likeness (QED) is 0.818. The molecule has 0 spiro atoms. The van der Waals surface area contributed by atoms with Gasteiger partial charge in [0, 0.05) is 25.2 Å². The normalized spacial score (nSPS) is 30.6. The number of nitrogens with two attached hydrogens (primary N) is 1. The lowest BCUT2D eigenvalue weighted by Crippen LogP contribution is -2.59. The summed E-state index contributed by atoms with van der Waals surface area (Å²) in [4.78, 5) is 17.0. The van der Waals surface area contributed by atoms with Crippen LogP contribution in [0.4, 0.5) is 0 Å². The van der Waals surface area contributed by atoms with Crippen LogP contribution in [0.1, 0.15) is 40.0 Å². The predicted molar refractivity (Wildman–Crippen MR) is 73.2 cm³/mol. The first kappa shape index (κ1) is 13.8. The molecular formula is C14H27N3O. The Morgan fingerprint density at radius 3 is 2.78 bits per heavy atom. The molecule has 3 unspecified atom stereocenters. The van der Waals surface area contributed by atoms with Gasteiger partial charge in [-0.2, -0.15) is 0 Å². The van der Waals surface area contributed by atoms with Crippen molar-refractivity contribution in [2.45, 2.75) is 58.2 Å². The van der Waals surface area contributed by atoms with E-state index in [0.717, 1.165) is 19.5 Å². The average molecular weight is 253 g/mol. The van der Waals surface area contributed by atoms with Gasteiger partial charge in [0.1, 0.15) is 0 Å². The summed E-state index contributed by atoms with van der Waals surface area (Å²) in [5, 5.41) is 0. The number of fused-ring (bicyclic) bond motifs is 1. The van der Waals surface area contributed by atoms with Crippen molar-refractivity contribution in [3.05, 3.63) is 0 Å². The fraction of sp³-hybridized carbons (Fsp3) is 0.929. The van der Waals surface area contributed by atoms with Crippen LogP contribution in [-0.4, -0.2) is 53.5 Å². The zero-order valence-corrected chi connectivity index (χ0v) is 11.9. The molecule has 2 fully saturated rings. The van der Waals surface area contributed by atoms with E-state index in [2.05, 4.69) is 25.7 Å². The summed E-state index contributed by atoms with van der Waals surface area (Å²) in [5.41, 5.74) is 6.04.